The molecule has 6 aromatic carbocycles. The maximum absolute atomic E-state index is 6.59. The Balaban J connectivity index is 1.31. The summed E-state index contributed by atoms with van der Waals surface area (Å²) < 4.78 is 6.47. The Labute approximate surface area is 262 Å². The molecule has 1 aliphatic carbocycles. The molecule has 1 heterocycles. The fourth-order valence-electron chi connectivity index (χ4n) is 6.62. The second-order valence-corrected chi connectivity index (χ2v) is 11.8. The van der Waals surface area contributed by atoms with Gasteiger partial charge in [0.1, 0.15) is 11.2 Å². The van der Waals surface area contributed by atoms with E-state index in [4.69, 9.17) is 15.1 Å². The molecular weight excluding hydrogens is 550 g/mol. The number of hydrogen-bond acceptors (Lipinski definition) is 4. The molecule has 0 radical (unpaired) electrons. The Bertz CT molecular complexity index is 2310. The molecule has 0 aliphatic heterocycles. The van der Waals surface area contributed by atoms with Gasteiger partial charge in [-0.3, -0.25) is 4.99 Å². The van der Waals surface area contributed by atoms with Crippen LogP contribution in [0.15, 0.2) is 155 Å². The molecule has 1 aliphatic rings. The molecule has 0 fully saturated rings. The summed E-state index contributed by atoms with van der Waals surface area (Å²) >= 11 is 0. The summed E-state index contributed by atoms with van der Waals surface area (Å²) in [7, 11) is 0. The maximum atomic E-state index is 6.59. The molecule has 8 rings (SSSR count). The lowest BCUT2D eigenvalue weighted by atomic mass is 9.90. The van der Waals surface area contributed by atoms with Crippen molar-refractivity contribution in [3.05, 3.63) is 151 Å². The van der Waals surface area contributed by atoms with Crippen LogP contribution >= 0.6 is 0 Å². The van der Waals surface area contributed by atoms with Crippen LogP contribution in [-0.4, -0.2) is 18.3 Å². The molecule has 0 saturated heterocycles. The van der Waals surface area contributed by atoms with Crippen LogP contribution in [0.4, 0.5) is 5.69 Å². The predicted octanol–water partition coefficient (Wildman–Crippen LogP) is 9.88. The van der Waals surface area contributed by atoms with Crippen molar-refractivity contribution in [2.75, 3.05) is 11.9 Å². The third kappa shape index (κ3) is 4.80. The zero-order valence-corrected chi connectivity index (χ0v) is 25.1. The summed E-state index contributed by atoms with van der Waals surface area (Å²) in [4.78, 5) is 5.16. The van der Waals surface area contributed by atoms with E-state index in [1.165, 1.54) is 21.5 Å². The molecule has 4 nitrogen and oxygen atoms in total. The van der Waals surface area contributed by atoms with Gasteiger partial charge in [-0.25, -0.2) is 0 Å². The average Bonchev–Trinajstić information content (AvgIpc) is 3.47. The minimum absolute atomic E-state index is 0.146. The first kappa shape index (κ1) is 27.1. The van der Waals surface area contributed by atoms with Gasteiger partial charge in [-0.2, -0.15) is 0 Å². The van der Waals surface area contributed by atoms with Crippen molar-refractivity contribution in [2.45, 2.75) is 13.0 Å². The Morgan fingerprint density at radius 2 is 1.47 bits per heavy atom. The number of furan rings is 1. The van der Waals surface area contributed by atoms with E-state index >= 15 is 0 Å². The van der Waals surface area contributed by atoms with Crippen molar-refractivity contribution in [3.8, 4) is 11.1 Å². The van der Waals surface area contributed by atoms with Gasteiger partial charge < -0.3 is 15.5 Å². The van der Waals surface area contributed by atoms with E-state index in [0.29, 0.717) is 6.54 Å². The monoisotopic (exact) mass is 583 g/mol. The third-order valence-corrected chi connectivity index (χ3v) is 8.99. The Morgan fingerprint density at radius 1 is 0.756 bits per heavy atom. The molecule has 7 aromatic rings. The topological polar surface area (TPSA) is 63.5 Å². The number of fused-ring (bicyclic) bond motifs is 6. The van der Waals surface area contributed by atoms with Crippen molar-refractivity contribution in [3.63, 3.8) is 0 Å². The number of nitrogens with one attached hydrogen (secondary N) is 1. The summed E-state index contributed by atoms with van der Waals surface area (Å²) in [5.41, 5.74) is 14.6. The maximum Gasteiger partial charge on any atom is 0.136 e. The van der Waals surface area contributed by atoms with Gasteiger partial charge in [0.15, 0.2) is 0 Å². The molecule has 0 amide bonds. The Morgan fingerprint density at radius 3 is 2.31 bits per heavy atom. The van der Waals surface area contributed by atoms with E-state index < -0.39 is 0 Å². The quantitative estimate of drug-likeness (QED) is 0.192. The zero-order valence-electron chi connectivity index (χ0n) is 25.1. The van der Waals surface area contributed by atoms with Crippen LogP contribution in [0.1, 0.15) is 12.5 Å². The number of anilines is 1. The second kappa shape index (κ2) is 11.2. The van der Waals surface area contributed by atoms with Crippen LogP contribution in [-0.2, 0) is 0 Å². The molecule has 1 aromatic heterocycles. The van der Waals surface area contributed by atoms with Crippen LogP contribution in [0.3, 0.4) is 0 Å². The van der Waals surface area contributed by atoms with E-state index in [2.05, 4.69) is 128 Å². The van der Waals surface area contributed by atoms with Gasteiger partial charge in [-0.1, -0.05) is 122 Å². The number of allylic oxidation sites excluding steroid dienone is 2. The van der Waals surface area contributed by atoms with Gasteiger partial charge in [-0.15, -0.1) is 0 Å². The van der Waals surface area contributed by atoms with E-state index in [1.807, 2.05) is 24.3 Å². The third-order valence-electron chi connectivity index (χ3n) is 8.99. The van der Waals surface area contributed by atoms with E-state index in [9.17, 15) is 0 Å². The molecule has 45 heavy (non-hydrogen) atoms. The summed E-state index contributed by atoms with van der Waals surface area (Å²) in [6.45, 7) is 2.66. The fraction of sp³-hybridized carbons (Fsp3) is 0.0976. The molecule has 0 spiro atoms. The standard InChI is InChI=1S/C41H33N3O/c1-26-12-11-20-35(41(26)42)44-36(28-14-3-2-4-15-28)25-43-34-23-22-27-13-5-6-16-29(27)39(34)33-24-38-40(31-18-8-7-17-30(31)33)32-19-9-10-21-37(32)45-38/h2-24,26,41,43H,25,42H2,1H3/b44-36+. The number of nitrogens with zero attached hydrogens (tertiary/aromatic N) is 1. The molecule has 3 N–H and O–H groups in total. The predicted molar refractivity (Wildman–Crippen MR) is 190 cm³/mol. The zero-order chi connectivity index (χ0) is 30.3. The highest BCUT2D eigenvalue weighted by molar-refractivity contribution is 6.24. The van der Waals surface area contributed by atoms with Crippen LogP contribution in [0.5, 0.6) is 0 Å². The molecule has 2 atom stereocenters. The molecule has 218 valence electrons. The minimum Gasteiger partial charge on any atom is -0.456 e. The van der Waals surface area contributed by atoms with Crippen molar-refractivity contribution in [1.29, 1.82) is 0 Å². The van der Waals surface area contributed by atoms with Gasteiger partial charge in [-0.05, 0) is 62.9 Å². The van der Waals surface area contributed by atoms with E-state index in [-0.39, 0.29) is 12.0 Å². The van der Waals surface area contributed by atoms with Crippen LogP contribution in [0.25, 0.3) is 54.6 Å². The lowest BCUT2D eigenvalue weighted by Gasteiger charge is -2.22. The largest absolute Gasteiger partial charge is 0.456 e. The number of para-hydroxylation sites is 1. The first-order valence-corrected chi connectivity index (χ1v) is 15.5. The first-order chi connectivity index (χ1) is 22.2. The summed E-state index contributed by atoms with van der Waals surface area (Å²) in [6, 6.07) is 42.3. The van der Waals surface area contributed by atoms with Gasteiger partial charge in [0.2, 0.25) is 0 Å². The number of nitrogens with two attached hydrogens (primary N) is 1. The summed E-state index contributed by atoms with van der Waals surface area (Å²) in [5, 5.41) is 10.8. The number of benzene rings is 6. The lowest BCUT2D eigenvalue weighted by Crippen LogP contribution is -2.31. The molecule has 2 unspecified atom stereocenters. The van der Waals surface area contributed by atoms with Crippen molar-refractivity contribution >= 4 is 54.9 Å². The fourth-order valence-corrected chi connectivity index (χ4v) is 6.62. The normalized spacial score (nSPS) is 16.9. The van der Waals surface area contributed by atoms with Crippen LogP contribution in [0, 0.1) is 5.92 Å². The number of hydrogen-bond donors (Lipinski definition) is 2. The highest BCUT2D eigenvalue weighted by Gasteiger charge is 2.20. The summed E-state index contributed by atoms with van der Waals surface area (Å²) in [6.07, 6.45) is 6.22. The lowest BCUT2D eigenvalue weighted by molar-refractivity contribution is 0.592. The SMILES string of the molecule is CC1C=CC=C(/N=C(\CNc2ccc3ccccc3c2-c2cc3oc4ccccc4c3c3ccccc23)c2ccccc2)C1N. The smallest absolute Gasteiger partial charge is 0.136 e. The highest BCUT2D eigenvalue weighted by Crippen LogP contribution is 2.44. The van der Waals surface area contributed by atoms with Crippen LogP contribution in [0.2, 0.25) is 0 Å². The number of aliphatic imine (C=N–C) groups is 1. The highest BCUT2D eigenvalue weighted by atomic mass is 16.3. The summed E-state index contributed by atoms with van der Waals surface area (Å²) in [5.74, 6) is 0.229. The van der Waals surface area contributed by atoms with Gasteiger partial charge >= 0.3 is 0 Å². The van der Waals surface area contributed by atoms with Gasteiger partial charge in [0.25, 0.3) is 0 Å². The van der Waals surface area contributed by atoms with Gasteiger partial charge in [0.05, 0.1) is 24.0 Å². The van der Waals surface area contributed by atoms with E-state index in [0.717, 1.165) is 55.7 Å². The average molecular weight is 584 g/mol. The van der Waals surface area contributed by atoms with Crippen molar-refractivity contribution in [2.24, 2.45) is 16.6 Å². The molecular formula is C41H33N3O. The van der Waals surface area contributed by atoms with Crippen molar-refractivity contribution in [1.82, 2.24) is 0 Å². The Kier molecular flexibility index (Phi) is 6.77. The number of rotatable bonds is 6. The molecule has 4 heteroatoms. The molecule has 0 bridgehead atoms. The Hall–Kier alpha value is -5.45. The van der Waals surface area contributed by atoms with Gasteiger partial charge in [0, 0.05) is 22.0 Å². The minimum atomic E-state index is -0.146. The molecule has 0 saturated carbocycles. The first-order valence-electron chi connectivity index (χ1n) is 15.5. The van der Waals surface area contributed by atoms with E-state index in [1.54, 1.807) is 0 Å². The van der Waals surface area contributed by atoms with Crippen molar-refractivity contribution < 1.29 is 4.42 Å². The second-order valence-electron chi connectivity index (χ2n) is 11.8. The van der Waals surface area contributed by atoms with Crippen LogP contribution < -0.4 is 11.1 Å².